The van der Waals surface area contributed by atoms with E-state index in [2.05, 4.69) is 20.9 Å². The lowest BCUT2D eigenvalue weighted by Crippen LogP contribution is -2.54. The van der Waals surface area contributed by atoms with Crippen molar-refractivity contribution >= 4 is 40.7 Å². The van der Waals surface area contributed by atoms with Crippen molar-refractivity contribution in [3.63, 3.8) is 0 Å². The third-order valence-corrected chi connectivity index (χ3v) is 8.10. The van der Waals surface area contributed by atoms with Crippen LogP contribution >= 0.6 is 23.2 Å². The molecule has 1 aliphatic rings. The molecule has 0 radical (unpaired) electrons. The number of halogens is 4. The van der Waals surface area contributed by atoms with Crippen LogP contribution in [0.3, 0.4) is 0 Å². The highest BCUT2D eigenvalue weighted by Gasteiger charge is 2.54. The van der Waals surface area contributed by atoms with Gasteiger partial charge in [0.25, 0.3) is 5.91 Å². The van der Waals surface area contributed by atoms with Gasteiger partial charge in [-0.15, -0.1) is 0 Å². The fourth-order valence-electron chi connectivity index (χ4n) is 5.28. The summed E-state index contributed by atoms with van der Waals surface area (Å²) in [6.07, 6.45) is -0.494. The van der Waals surface area contributed by atoms with Crippen LogP contribution in [-0.4, -0.2) is 42.2 Å². The lowest BCUT2D eigenvalue weighted by atomic mass is 9.81. The molecule has 0 aromatic heterocycles. The van der Waals surface area contributed by atoms with Crippen LogP contribution in [0.25, 0.3) is 10.4 Å². The van der Waals surface area contributed by atoms with E-state index in [4.69, 9.17) is 42.8 Å². The number of hydrazine groups is 1. The predicted molar refractivity (Wildman–Crippen MR) is 178 cm³/mol. The summed E-state index contributed by atoms with van der Waals surface area (Å²) in [5, 5.41) is 13.5. The number of ether oxygens (including phenoxy) is 2. The fraction of sp³-hybridized carbons (Fsp3) is 0.235. The lowest BCUT2D eigenvalue weighted by molar-refractivity contribution is -0.130. The standard InChI is InChI=1S/C34H30Cl2F2N6O4/c35-24-8-11-28(29(36)18-24)31-34(20-23-4-1-2-5-30(23)42-44-39,33(46)43-40-13-12-21-16-25(37)19-26(38)17-21)41-32(48-31)22-6-9-27(10-7-22)47-15-3-14-45/h1-2,4-11,16-19,31,40,45H,3,12-15,20H2,(H,43,46)/t31-,34-/m0/s1. The highest BCUT2D eigenvalue weighted by molar-refractivity contribution is 6.35. The molecule has 1 heterocycles. The van der Waals surface area contributed by atoms with Crippen LogP contribution < -0.4 is 15.6 Å². The third kappa shape index (κ3) is 8.22. The van der Waals surface area contributed by atoms with Crippen LogP contribution in [0.5, 0.6) is 5.75 Å². The average Bonchev–Trinajstić information content (AvgIpc) is 3.44. The second-order valence-electron chi connectivity index (χ2n) is 10.9. The Morgan fingerprint density at radius 2 is 1.81 bits per heavy atom. The van der Waals surface area contributed by atoms with Gasteiger partial charge in [-0.05, 0) is 71.6 Å². The molecule has 0 bridgehead atoms. The van der Waals surface area contributed by atoms with E-state index >= 15 is 0 Å². The number of nitrogens with zero attached hydrogens (tertiary/aromatic N) is 4. The molecule has 10 nitrogen and oxygen atoms in total. The van der Waals surface area contributed by atoms with Gasteiger partial charge in [-0.1, -0.05) is 58.6 Å². The van der Waals surface area contributed by atoms with Crippen LogP contribution in [0.1, 0.15) is 34.8 Å². The number of hydrogen-bond donors (Lipinski definition) is 3. The number of carbonyl (C=O) groups is 1. The van der Waals surface area contributed by atoms with Gasteiger partial charge in [0.05, 0.1) is 6.61 Å². The van der Waals surface area contributed by atoms with Crippen LogP contribution in [0.15, 0.2) is 95.0 Å². The summed E-state index contributed by atoms with van der Waals surface area (Å²) < 4.78 is 39.6. The van der Waals surface area contributed by atoms with Crippen LogP contribution in [0, 0.1) is 11.6 Å². The Bertz CT molecular complexity index is 1840. The first-order valence-corrected chi connectivity index (χ1v) is 15.6. The van der Waals surface area contributed by atoms with Gasteiger partial charge in [0.2, 0.25) is 5.90 Å². The van der Waals surface area contributed by atoms with Crippen molar-refractivity contribution in [3.05, 3.63) is 139 Å². The largest absolute Gasteiger partial charge is 0.494 e. The smallest absolute Gasteiger partial charge is 0.266 e. The maximum absolute atomic E-state index is 14.4. The molecule has 0 saturated carbocycles. The van der Waals surface area contributed by atoms with E-state index in [1.807, 2.05) is 0 Å². The summed E-state index contributed by atoms with van der Waals surface area (Å²) in [6, 6.07) is 21.7. The minimum Gasteiger partial charge on any atom is -0.494 e. The monoisotopic (exact) mass is 694 g/mol. The molecule has 0 aliphatic carbocycles. The molecule has 3 N–H and O–H groups in total. The number of aliphatic imine (C=N–C) groups is 1. The molecule has 248 valence electrons. The minimum atomic E-state index is -1.72. The third-order valence-electron chi connectivity index (χ3n) is 7.54. The van der Waals surface area contributed by atoms with Crippen molar-refractivity contribution in [2.24, 2.45) is 10.1 Å². The van der Waals surface area contributed by atoms with Crippen molar-refractivity contribution in [3.8, 4) is 5.75 Å². The highest BCUT2D eigenvalue weighted by atomic mass is 35.5. The van der Waals surface area contributed by atoms with Gasteiger partial charge in [-0.2, -0.15) is 0 Å². The molecule has 0 unspecified atom stereocenters. The number of amides is 1. The molecule has 4 aromatic carbocycles. The number of azide groups is 1. The van der Waals surface area contributed by atoms with Gasteiger partial charge in [0.1, 0.15) is 17.4 Å². The molecular formula is C34H30Cl2F2N6O4. The molecule has 0 spiro atoms. The van der Waals surface area contributed by atoms with Gasteiger partial charge in [0, 0.05) is 63.8 Å². The maximum atomic E-state index is 14.4. The van der Waals surface area contributed by atoms with E-state index in [-0.39, 0.29) is 36.9 Å². The summed E-state index contributed by atoms with van der Waals surface area (Å²) >= 11 is 12.9. The summed E-state index contributed by atoms with van der Waals surface area (Å²) in [5.41, 5.74) is 15.2. The fourth-order valence-corrected chi connectivity index (χ4v) is 5.79. The molecule has 2 atom stereocenters. The van der Waals surface area contributed by atoms with Gasteiger partial charge >= 0.3 is 0 Å². The number of hydrogen-bond acceptors (Lipinski definition) is 7. The molecular weight excluding hydrogens is 665 g/mol. The number of aliphatic hydroxyl groups excluding tert-OH is 1. The molecule has 0 saturated heterocycles. The van der Waals surface area contributed by atoms with Crippen molar-refractivity contribution in [2.75, 3.05) is 19.8 Å². The number of benzene rings is 4. The van der Waals surface area contributed by atoms with Gasteiger partial charge in [-0.25, -0.2) is 19.2 Å². The van der Waals surface area contributed by atoms with Crippen molar-refractivity contribution < 1.29 is 28.2 Å². The first-order valence-electron chi connectivity index (χ1n) is 14.9. The van der Waals surface area contributed by atoms with E-state index in [9.17, 15) is 19.1 Å². The van der Waals surface area contributed by atoms with Crippen LogP contribution in [0.2, 0.25) is 10.0 Å². The number of nitrogens with one attached hydrogen (secondary N) is 2. The molecule has 1 aliphatic heterocycles. The second kappa shape index (κ2) is 15.9. The first-order chi connectivity index (χ1) is 23.2. The Kier molecular flexibility index (Phi) is 11.5. The van der Waals surface area contributed by atoms with Crippen molar-refractivity contribution in [2.45, 2.75) is 30.9 Å². The average molecular weight is 696 g/mol. The number of rotatable bonds is 14. The SMILES string of the molecule is [N-]=[N+]=Nc1ccccc1C[C@]1(C(=O)NNCCc2cc(F)cc(F)c2)N=C(c2ccc(OCCCO)cc2)O[C@H]1c1ccc(Cl)cc1Cl. The van der Waals surface area contributed by atoms with E-state index in [0.717, 1.165) is 6.07 Å². The summed E-state index contributed by atoms with van der Waals surface area (Å²) in [6.45, 7) is 0.462. The zero-order valence-corrected chi connectivity index (χ0v) is 26.9. The zero-order chi connectivity index (χ0) is 34.1. The molecule has 5 rings (SSSR count). The molecule has 4 aromatic rings. The Morgan fingerprint density at radius 1 is 1.06 bits per heavy atom. The zero-order valence-electron chi connectivity index (χ0n) is 25.4. The number of carbonyl (C=O) groups excluding carboxylic acids is 1. The minimum absolute atomic E-state index is 0.00252. The summed E-state index contributed by atoms with van der Waals surface area (Å²) in [4.78, 5) is 22.3. The van der Waals surface area contributed by atoms with E-state index < -0.39 is 29.2 Å². The normalized spacial score (nSPS) is 16.9. The van der Waals surface area contributed by atoms with Gasteiger partial charge < -0.3 is 14.6 Å². The van der Waals surface area contributed by atoms with E-state index in [0.29, 0.717) is 51.7 Å². The topological polar surface area (TPSA) is 141 Å². The van der Waals surface area contributed by atoms with E-state index in [1.54, 1.807) is 60.7 Å². The Balaban J connectivity index is 1.54. The Labute approximate surface area is 284 Å². The quantitative estimate of drug-likeness (QED) is 0.0417. The molecule has 14 heteroatoms. The Morgan fingerprint density at radius 3 is 2.52 bits per heavy atom. The summed E-state index contributed by atoms with van der Waals surface area (Å²) in [5.74, 6) is -1.32. The van der Waals surface area contributed by atoms with Gasteiger partial charge in [0.15, 0.2) is 11.6 Å². The molecule has 1 amide bonds. The molecule has 0 fully saturated rings. The number of aliphatic hydroxyl groups is 1. The predicted octanol–water partition coefficient (Wildman–Crippen LogP) is 7.34. The summed E-state index contributed by atoms with van der Waals surface area (Å²) in [7, 11) is 0. The lowest BCUT2D eigenvalue weighted by Gasteiger charge is -2.31. The van der Waals surface area contributed by atoms with E-state index in [1.165, 1.54) is 18.2 Å². The highest BCUT2D eigenvalue weighted by Crippen LogP contribution is 2.46. The molecule has 48 heavy (non-hydrogen) atoms. The second-order valence-corrected chi connectivity index (χ2v) is 11.7. The van der Waals surface area contributed by atoms with Gasteiger partial charge in [-0.3, -0.25) is 10.2 Å². The van der Waals surface area contributed by atoms with Crippen molar-refractivity contribution in [1.29, 1.82) is 0 Å². The first kappa shape index (κ1) is 34.6. The van der Waals surface area contributed by atoms with Crippen LogP contribution in [-0.2, 0) is 22.4 Å². The van der Waals surface area contributed by atoms with Crippen molar-refractivity contribution in [1.82, 2.24) is 10.9 Å². The maximum Gasteiger partial charge on any atom is 0.266 e. The Hall–Kier alpha value is -4.71. The van der Waals surface area contributed by atoms with Crippen LogP contribution in [0.4, 0.5) is 14.5 Å².